The van der Waals surface area contributed by atoms with E-state index in [0.29, 0.717) is 5.70 Å². The molecule has 0 saturated heterocycles. The van der Waals surface area contributed by atoms with Crippen LogP contribution in [-0.2, 0) is 19.1 Å². The third-order valence-electron chi connectivity index (χ3n) is 3.41. The Morgan fingerprint density at radius 2 is 1.67 bits per heavy atom. The van der Waals surface area contributed by atoms with Crippen LogP contribution in [0.2, 0.25) is 0 Å². The molecule has 0 radical (unpaired) electrons. The van der Waals surface area contributed by atoms with Gasteiger partial charge in [-0.25, -0.2) is 0 Å². The van der Waals surface area contributed by atoms with E-state index in [2.05, 4.69) is 5.32 Å². The highest BCUT2D eigenvalue weighted by atomic mass is 32.2. The number of rotatable bonds is 4. The van der Waals surface area contributed by atoms with E-state index in [1.165, 1.54) is 12.1 Å². The predicted molar refractivity (Wildman–Crippen MR) is 90.1 cm³/mol. The number of hydrogen-bond acceptors (Lipinski definition) is 4. The average molecular weight is 341 g/mol. The molecule has 5 nitrogen and oxygen atoms in total. The number of benzene rings is 2. The quantitative estimate of drug-likeness (QED) is 0.868. The monoisotopic (exact) mass is 341 g/mol. The molecule has 1 aliphatic rings. The van der Waals surface area contributed by atoms with Gasteiger partial charge < -0.3 is 9.50 Å². The lowest BCUT2D eigenvalue weighted by molar-refractivity contribution is -0.115. The molecule has 0 saturated carbocycles. The molecule has 122 valence electrons. The molecule has 24 heavy (non-hydrogen) atoms. The number of carbonyl (C=O) groups is 1. The van der Waals surface area contributed by atoms with Gasteiger partial charge >= 0.3 is 10.1 Å². The molecule has 0 bridgehead atoms. The number of aryl methyl sites for hydroxylation is 1. The van der Waals surface area contributed by atoms with Gasteiger partial charge in [-0.1, -0.05) is 48.0 Å². The largest absolute Gasteiger partial charge is 0.377 e. The first-order valence-corrected chi connectivity index (χ1v) is 8.66. The molecule has 0 fully saturated rings. The van der Waals surface area contributed by atoms with Crippen molar-refractivity contribution < 1.29 is 17.4 Å². The van der Waals surface area contributed by atoms with Crippen molar-refractivity contribution in [3.8, 4) is 0 Å². The second-order valence-electron chi connectivity index (χ2n) is 5.32. The lowest BCUT2D eigenvalue weighted by Gasteiger charge is -2.09. The van der Waals surface area contributed by atoms with Crippen LogP contribution in [0.3, 0.4) is 0 Å². The molecule has 0 aliphatic carbocycles. The van der Waals surface area contributed by atoms with Gasteiger partial charge in [-0.2, -0.15) is 8.42 Å². The molecular formula is C18H15NO4S. The average Bonchev–Trinajstić information content (AvgIpc) is 2.87. The van der Waals surface area contributed by atoms with E-state index in [0.717, 1.165) is 17.2 Å². The maximum Gasteiger partial charge on any atom is 0.339 e. The summed E-state index contributed by atoms with van der Waals surface area (Å²) >= 11 is 0. The van der Waals surface area contributed by atoms with E-state index in [1.807, 2.05) is 37.3 Å². The molecule has 1 aliphatic heterocycles. The van der Waals surface area contributed by atoms with Crippen molar-refractivity contribution in [2.75, 3.05) is 0 Å². The zero-order valence-corrected chi connectivity index (χ0v) is 13.7. The van der Waals surface area contributed by atoms with Crippen molar-refractivity contribution in [3.05, 3.63) is 83.3 Å². The van der Waals surface area contributed by atoms with Crippen LogP contribution in [0.4, 0.5) is 0 Å². The topological polar surface area (TPSA) is 72.5 Å². The molecule has 3 rings (SSSR count). The van der Waals surface area contributed by atoms with Crippen molar-refractivity contribution in [1.29, 1.82) is 0 Å². The highest BCUT2D eigenvalue weighted by Gasteiger charge is 2.25. The Morgan fingerprint density at radius 3 is 2.33 bits per heavy atom. The molecule has 1 heterocycles. The maximum absolute atomic E-state index is 12.4. The standard InChI is InChI=1S/C18H15NO4S/c1-13-7-9-15(10-8-13)24(21,22)23-17-12-18(20)19-16(17)11-14-5-3-2-4-6-14/h2-12H,1H3,(H,19,20)/b16-11-. The molecule has 0 atom stereocenters. The van der Waals surface area contributed by atoms with Crippen LogP contribution >= 0.6 is 0 Å². The summed E-state index contributed by atoms with van der Waals surface area (Å²) in [4.78, 5) is 11.7. The van der Waals surface area contributed by atoms with Crippen molar-refractivity contribution >= 4 is 22.1 Å². The zero-order valence-electron chi connectivity index (χ0n) is 12.9. The van der Waals surface area contributed by atoms with E-state index in [-0.39, 0.29) is 10.7 Å². The highest BCUT2D eigenvalue weighted by Crippen LogP contribution is 2.24. The summed E-state index contributed by atoms with van der Waals surface area (Å²) in [6, 6.07) is 15.5. The smallest absolute Gasteiger partial charge is 0.339 e. The van der Waals surface area contributed by atoms with Crippen LogP contribution in [0.5, 0.6) is 0 Å². The Hall–Kier alpha value is -2.86. The minimum atomic E-state index is -4.01. The molecule has 6 heteroatoms. The molecule has 0 spiro atoms. The summed E-state index contributed by atoms with van der Waals surface area (Å²) < 4.78 is 29.9. The predicted octanol–water partition coefficient (Wildman–Crippen LogP) is 2.76. The molecule has 0 unspecified atom stereocenters. The molecule has 2 aromatic carbocycles. The van der Waals surface area contributed by atoms with Crippen molar-refractivity contribution in [2.24, 2.45) is 0 Å². The third-order valence-corrected chi connectivity index (χ3v) is 4.65. The minimum absolute atomic E-state index is 0.0237. The molecule has 0 aromatic heterocycles. The van der Waals surface area contributed by atoms with Crippen LogP contribution in [0.25, 0.3) is 6.08 Å². The van der Waals surface area contributed by atoms with Crippen LogP contribution in [0.15, 0.2) is 77.0 Å². The summed E-state index contributed by atoms with van der Waals surface area (Å²) in [5.41, 5.74) is 2.06. The second-order valence-corrected chi connectivity index (χ2v) is 6.86. The van der Waals surface area contributed by atoms with Crippen molar-refractivity contribution in [2.45, 2.75) is 11.8 Å². The van der Waals surface area contributed by atoms with E-state index in [1.54, 1.807) is 18.2 Å². The van der Waals surface area contributed by atoms with E-state index in [9.17, 15) is 13.2 Å². The first-order valence-electron chi connectivity index (χ1n) is 7.25. The van der Waals surface area contributed by atoms with Gasteiger partial charge in [0.1, 0.15) is 4.90 Å². The van der Waals surface area contributed by atoms with Crippen molar-refractivity contribution in [3.63, 3.8) is 0 Å². The van der Waals surface area contributed by atoms with Gasteiger partial charge in [-0.3, -0.25) is 4.79 Å². The fraction of sp³-hybridized carbons (Fsp3) is 0.0556. The number of amides is 1. The van der Waals surface area contributed by atoms with E-state index >= 15 is 0 Å². The SMILES string of the molecule is Cc1ccc(S(=O)(=O)OC2=CC(=O)N/C2=C\c2ccccc2)cc1. The molecule has 1 N–H and O–H groups in total. The van der Waals surface area contributed by atoms with Gasteiger partial charge in [0.25, 0.3) is 5.91 Å². The number of carbonyl (C=O) groups excluding carboxylic acids is 1. The molecule has 2 aromatic rings. The van der Waals surface area contributed by atoms with Gasteiger partial charge in [-0.15, -0.1) is 0 Å². The fourth-order valence-corrected chi connectivity index (χ4v) is 3.13. The Kier molecular flexibility index (Phi) is 4.22. The minimum Gasteiger partial charge on any atom is -0.377 e. The normalized spacial score (nSPS) is 16.0. The number of hydrogen-bond donors (Lipinski definition) is 1. The number of nitrogens with one attached hydrogen (secondary N) is 1. The zero-order chi connectivity index (χ0) is 17.2. The van der Waals surface area contributed by atoms with Crippen LogP contribution in [-0.4, -0.2) is 14.3 Å². The van der Waals surface area contributed by atoms with E-state index < -0.39 is 16.0 Å². The Balaban J connectivity index is 1.90. The highest BCUT2D eigenvalue weighted by molar-refractivity contribution is 7.86. The van der Waals surface area contributed by atoms with Gasteiger partial charge in [0, 0.05) is 6.08 Å². The Morgan fingerprint density at radius 1 is 1.00 bits per heavy atom. The van der Waals surface area contributed by atoms with Gasteiger partial charge in [0.05, 0.1) is 5.70 Å². The van der Waals surface area contributed by atoms with Crippen LogP contribution in [0, 0.1) is 6.92 Å². The lowest BCUT2D eigenvalue weighted by atomic mass is 10.2. The van der Waals surface area contributed by atoms with Gasteiger partial charge in [0.2, 0.25) is 0 Å². The van der Waals surface area contributed by atoms with Gasteiger partial charge in [-0.05, 0) is 30.7 Å². The van der Waals surface area contributed by atoms with Gasteiger partial charge in [0.15, 0.2) is 5.76 Å². The summed E-state index contributed by atoms with van der Waals surface area (Å²) in [6.45, 7) is 1.86. The summed E-state index contributed by atoms with van der Waals surface area (Å²) in [7, 11) is -4.01. The Bertz CT molecular complexity index is 927. The Labute approximate surface area is 140 Å². The third kappa shape index (κ3) is 3.55. The summed E-state index contributed by atoms with van der Waals surface area (Å²) in [5.74, 6) is -0.448. The molecule has 1 amide bonds. The summed E-state index contributed by atoms with van der Waals surface area (Å²) in [6.07, 6.45) is 2.78. The molecular weight excluding hydrogens is 326 g/mol. The second kappa shape index (κ2) is 6.33. The van der Waals surface area contributed by atoms with Crippen molar-refractivity contribution in [1.82, 2.24) is 5.32 Å². The first-order chi connectivity index (χ1) is 11.4. The van der Waals surface area contributed by atoms with Crippen LogP contribution in [0.1, 0.15) is 11.1 Å². The summed E-state index contributed by atoms with van der Waals surface area (Å²) in [5, 5.41) is 2.58. The lowest BCUT2D eigenvalue weighted by Crippen LogP contribution is -2.15. The van der Waals surface area contributed by atoms with E-state index in [4.69, 9.17) is 4.18 Å². The first kappa shape index (κ1) is 16.0. The fourth-order valence-electron chi connectivity index (χ4n) is 2.19. The maximum atomic E-state index is 12.4. The van der Waals surface area contributed by atoms with Crippen LogP contribution < -0.4 is 5.32 Å².